The van der Waals surface area contributed by atoms with Crippen molar-refractivity contribution in [2.75, 3.05) is 6.54 Å². The Morgan fingerprint density at radius 1 is 1.12 bits per heavy atom. The van der Waals surface area contributed by atoms with E-state index in [1.54, 1.807) is 0 Å². The summed E-state index contributed by atoms with van der Waals surface area (Å²) in [5.74, 6) is 0.249. The molecule has 0 bridgehead atoms. The zero-order valence-electron chi connectivity index (χ0n) is 14.3. The molecule has 1 N–H and O–H groups in total. The third-order valence-corrected chi connectivity index (χ3v) is 5.20. The second kappa shape index (κ2) is 5.86. The molecule has 4 heteroatoms. The van der Waals surface area contributed by atoms with Crippen molar-refractivity contribution in [1.82, 2.24) is 14.5 Å². The van der Waals surface area contributed by atoms with Gasteiger partial charge in [-0.15, -0.1) is 0 Å². The van der Waals surface area contributed by atoms with Crippen LogP contribution in [0.3, 0.4) is 0 Å². The van der Waals surface area contributed by atoms with Crippen molar-refractivity contribution in [3.8, 4) is 0 Å². The van der Waals surface area contributed by atoms with Gasteiger partial charge in [0.15, 0.2) is 0 Å². The number of aromatic nitrogens is 2. The van der Waals surface area contributed by atoms with E-state index in [-0.39, 0.29) is 5.91 Å². The third-order valence-electron chi connectivity index (χ3n) is 5.20. The smallest absolute Gasteiger partial charge is 0.224 e. The van der Waals surface area contributed by atoms with E-state index < -0.39 is 0 Å². The lowest BCUT2D eigenvalue weighted by Crippen LogP contribution is -2.36. The van der Waals surface area contributed by atoms with Crippen LogP contribution in [0.25, 0.3) is 10.9 Å². The fourth-order valence-corrected chi connectivity index (χ4v) is 3.80. The number of rotatable bonds is 3. The van der Waals surface area contributed by atoms with Gasteiger partial charge in [0.25, 0.3) is 0 Å². The lowest BCUT2D eigenvalue weighted by atomic mass is 10.0. The molecule has 1 aromatic carbocycles. The van der Waals surface area contributed by atoms with Gasteiger partial charge in [0, 0.05) is 66.0 Å². The highest BCUT2D eigenvalue weighted by Crippen LogP contribution is 2.27. The number of fused-ring (bicyclic) bond motifs is 3. The number of H-pyrrole nitrogens is 1. The number of aromatic amines is 1. The maximum absolute atomic E-state index is 12.7. The molecule has 3 heterocycles. The summed E-state index contributed by atoms with van der Waals surface area (Å²) in [5.41, 5.74) is 6.20. The molecule has 0 spiro atoms. The maximum Gasteiger partial charge on any atom is 0.224 e. The van der Waals surface area contributed by atoms with E-state index in [4.69, 9.17) is 0 Å². The monoisotopic (exact) mass is 321 g/mol. The first-order chi connectivity index (χ1) is 11.6. The molecule has 0 atom stereocenters. The highest BCUT2D eigenvalue weighted by atomic mass is 16.2. The molecular weight excluding hydrogens is 298 g/mol. The molecule has 1 aliphatic heterocycles. The number of hydrogen-bond donors (Lipinski definition) is 1. The minimum absolute atomic E-state index is 0.249. The Bertz CT molecular complexity index is 883. The zero-order chi connectivity index (χ0) is 16.7. The minimum Gasteiger partial charge on any atom is -0.358 e. The molecule has 4 nitrogen and oxygen atoms in total. The summed E-state index contributed by atoms with van der Waals surface area (Å²) in [4.78, 5) is 18.2. The standard InChI is InChI=1S/C20H23N3O/c1-14-7-8-15(2)23(14)12-10-20(24)22-11-9-19-17(13-22)16-5-3-4-6-18(16)21-19/h3-8,21H,9-13H2,1-2H3. The van der Waals surface area contributed by atoms with Crippen LogP contribution in [0.4, 0.5) is 0 Å². The lowest BCUT2D eigenvalue weighted by molar-refractivity contribution is -0.132. The number of carbonyl (C=O) groups excluding carboxylic acids is 1. The van der Waals surface area contributed by atoms with Gasteiger partial charge in [-0.25, -0.2) is 0 Å². The quantitative estimate of drug-likeness (QED) is 0.787. The van der Waals surface area contributed by atoms with Crippen molar-refractivity contribution >= 4 is 16.8 Å². The van der Waals surface area contributed by atoms with Gasteiger partial charge in [-0.1, -0.05) is 18.2 Å². The first-order valence-electron chi connectivity index (χ1n) is 8.62. The number of para-hydroxylation sites is 1. The summed E-state index contributed by atoms with van der Waals surface area (Å²) >= 11 is 0. The number of nitrogens with zero attached hydrogens (tertiary/aromatic N) is 2. The second-order valence-electron chi connectivity index (χ2n) is 6.71. The first-order valence-corrected chi connectivity index (χ1v) is 8.62. The molecule has 1 aliphatic rings. The van der Waals surface area contributed by atoms with Gasteiger partial charge in [-0.05, 0) is 32.0 Å². The van der Waals surface area contributed by atoms with Crippen LogP contribution in [-0.4, -0.2) is 26.9 Å². The van der Waals surface area contributed by atoms with Gasteiger partial charge in [0.05, 0.1) is 0 Å². The molecule has 0 saturated carbocycles. The van der Waals surface area contributed by atoms with E-state index in [9.17, 15) is 4.79 Å². The molecule has 0 fully saturated rings. The van der Waals surface area contributed by atoms with Crippen LogP contribution in [0, 0.1) is 13.8 Å². The SMILES string of the molecule is Cc1ccc(C)n1CCC(=O)N1CCc2[nH]c3ccccc3c2C1. The molecule has 1 amide bonds. The Morgan fingerprint density at radius 3 is 2.67 bits per heavy atom. The number of aryl methyl sites for hydroxylation is 2. The number of nitrogens with one attached hydrogen (secondary N) is 1. The van der Waals surface area contributed by atoms with Crippen LogP contribution in [0.15, 0.2) is 36.4 Å². The summed E-state index contributed by atoms with van der Waals surface area (Å²) in [6, 6.07) is 12.6. The van der Waals surface area contributed by atoms with Crippen LogP contribution < -0.4 is 0 Å². The molecular formula is C20H23N3O. The molecule has 3 aromatic rings. The molecule has 2 aromatic heterocycles. The average molecular weight is 321 g/mol. The Labute approximate surface area is 142 Å². The van der Waals surface area contributed by atoms with Gasteiger partial charge >= 0.3 is 0 Å². The van der Waals surface area contributed by atoms with E-state index in [0.717, 1.165) is 26.1 Å². The van der Waals surface area contributed by atoms with E-state index in [1.807, 2.05) is 4.90 Å². The van der Waals surface area contributed by atoms with Crippen LogP contribution in [0.5, 0.6) is 0 Å². The van der Waals surface area contributed by atoms with E-state index >= 15 is 0 Å². The van der Waals surface area contributed by atoms with Crippen LogP contribution in [0.1, 0.15) is 29.1 Å². The van der Waals surface area contributed by atoms with Gasteiger partial charge in [-0.3, -0.25) is 4.79 Å². The number of amides is 1. The van der Waals surface area contributed by atoms with Crippen molar-refractivity contribution in [2.45, 2.75) is 39.8 Å². The molecule has 0 saturated heterocycles. The van der Waals surface area contributed by atoms with Crippen LogP contribution >= 0.6 is 0 Å². The molecule has 0 aliphatic carbocycles. The van der Waals surface area contributed by atoms with E-state index in [1.165, 1.54) is 33.5 Å². The Balaban J connectivity index is 1.49. The van der Waals surface area contributed by atoms with Gasteiger partial charge < -0.3 is 14.5 Å². The van der Waals surface area contributed by atoms with Gasteiger partial charge in [0.2, 0.25) is 5.91 Å². The number of benzene rings is 1. The lowest BCUT2D eigenvalue weighted by Gasteiger charge is -2.27. The number of hydrogen-bond acceptors (Lipinski definition) is 1. The Kier molecular flexibility index (Phi) is 3.68. The topological polar surface area (TPSA) is 41.0 Å². The normalized spacial score (nSPS) is 14.2. The fourth-order valence-electron chi connectivity index (χ4n) is 3.80. The van der Waals surface area contributed by atoms with E-state index in [0.29, 0.717) is 6.42 Å². The highest BCUT2D eigenvalue weighted by molar-refractivity contribution is 5.86. The third kappa shape index (κ3) is 2.52. The van der Waals surface area contributed by atoms with Gasteiger partial charge in [0.1, 0.15) is 0 Å². The minimum atomic E-state index is 0.249. The molecule has 4 rings (SSSR count). The van der Waals surface area contributed by atoms with E-state index in [2.05, 4.69) is 59.8 Å². The maximum atomic E-state index is 12.7. The van der Waals surface area contributed by atoms with Crippen molar-refractivity contribution < 1.29 is 4.79 Å². The molecule has 0 unspecified atom stereocenters. The first kappa shape index (κ1) is 15.1. The predicted octanol–water partition coefficient (Wildman–Crippen LogP) is 3.56. The van der Waals surface area contributed by atoms with Crippen molar-refractivity contribution in [2.24, 2.45) is 0 Å². The molecule has 24 heavy (non-hydrogen) atoms. The number of carbonyl (C=O) groups is 1. The summed E-state index contributed by atoms with van der Waals surface area (Å²) in [6.45, 7) is 6.48. The zero-order valence-corrected chi connectivity index (χ0v) is 14.3. The summed E-state index contributed by atoms with van der Waals surface area (Å²) in [7, 11) is 0. The molecule has 0 radical (unpaired) electrons. The van der Waals surface area contributed by atoms with Crippen LogP contribution in [0.2, 0.25) is 0 Å². The van der Waals surface area contributed by atoms with Gasteiger partial charge in [-0.2, -0.15) is 0 Å². The summed E-state index contributed by atoms with van der Waals surface area (Å²) in [6.07, 6.45) is 1.48. The Morgan fingerprint density at radius 2 is 1.88 bits per heavy atom. The fraction of sp³-hybridized carbons (Fsp3) is 0.350. The highest BCUT2D eigenvalue weighted by Gasteiger charge is 2.23. The van der Waals surface area contributed by atoms with Crippen molar-refractivity contribution in [3.05, 3.63) is 59.0 Å². The predicted molar refractivity (Wildman–Crippen MR) is 95.9 cm³/mol. The average Bonchev–Trinajstić information content (AvgIpc) is 3.12. The summed E-state index contributed by atoms with van der Waals surface area (Å²) in [5, 5.41) is 1.25. The van der Waals surface area contributed by atoms with Crippen LogP contribution in [-0.2, 0) is 24.3 Å². The largest absolute Gasteiger partial charge is 0.358 e. The molecule has 124 valence electrons. The van der Waals surface area contributed by atoms with Crippen molar-refractivity contribution in [3.63, 3.8) is 0 Å². The van der Waals surface area contributed by atoms with Crippen molar-refractivity contribution in [1.29, 1.82) is 0 Å². The Hall–Kier alpha value is -2.49. The second-order valence-corrected chi connectivity index (χ2v) is 6.71. The summed E-state index contributed by atoms with van der Waals surface area (Å²) < 4.78 is 2.22.